The smallest absolute Gasteiger partial charge is 0.311 e. The van der Waals surface area contributed by atoms with Crippen molar-refractivity contribution in [2.45, 2.75) is 96.9 Å². The van der Waals surface area contributed by atoms with Gasteiger partial charge in [0.15, 0.2) is 0 Å². The average molecular weight is 797 g/mol. The number of hydrogen-bond acceptors (Lipinski definition) is 10. The molecule has 0 fully saturated rings. The van der Waals surface area contributed by atoms with Crippen LogP contribution in [0.3, 0.4) is 0 Å². The van der Waals surface area contributed by atoms with Crippen molar-refractivity contribution in [1.29, 1.82) is 0 Å². The monoisotopic (exact) mass is 796 g/mol. The van der Waals surface area contributed by atoms with Crippen molar-refractivity contribution < 1.29 is 33.7 Å². The number of rotatable bonds is 18. The maximum atomic E-state index is 13.0. The van der Waals surface area contributed by atoms with Gasteiger partial charge in [-0.3, -0.25) is 14.4 Å². The number of carbonyl (C=O) groups excluding carboxylic acids is 3. The summed E-state index contributed by atoms with van der Waals surface area (Å²) in [6.07, 6.45) is 0.00366. The Labute approximate surface area is 340 Å². The Morgan fingerprint density at radius 2 is 0.764 bits per heavy atom. The molecule has 0 saturated carbocycles. The second-order valence-corrected chi connectivity index (χ2v) is 16.7. The lowest BCUT2D eigenvalue weighted by molar-refractivity contribution is -0.157. The van der Waals surface area contributed by atoms with Gasteiger partial charge in [0.25, 0.3) is 0 Å². The molecule has 10 heteroatoms. The quantitative estimate of drug-likeness (QED) is 0.0596. The molecule has 0 aromatic heterocycles. The van der Waals surface area contributed by atoms with Crippen molar-refractivity contribution >= 4 is 69.2 Å². The number of hydrogen-bond donors (Lipinski definition) is 1. The van der Waals surface area contributed by atoms with Crippen LogP contribution < -0.4 is 0 Å². The summed E-state index contributed by atoms with van der Waals surface area (Å²) < 4.78 is 17.4. The number of carbonyl (C=O) groups is 3. The van der Waals surface area contributed by atoms with Gasteiger partial charge in [-0.15, -0.1) is 0 Å². The van der Waals surface area contributed by atoms with Gasteiger partial charge in [0, 0.05) is 33.9 Å². The van der Waals surface area contributed by atoms with E-state index in [-0.39, 0.29) is 44.3 Å². The van der Waals surface area contributed by atoms with Crippen LogP contribution in [-0.4, -0.2) is 37.6 Å². The zero-order valence-corrected chi connectivity index (χ0v) is 34.6. The lowest BCUT2D eigenvalue weighted by Crippen LogP contribution is -2.27. The Morgan fingerprint density at radius 3 is 1.05 bits per heavy atom. The summed E-state index contributed by atoms with van der Waals surface area (Å²) in [6, 6.07) is 31.8. The summed E-state index contributed by atoms with van der Waals surface area (Å²) in [5, 5.41) is 11.5. The third-order valence-corrected chi connectivity index (χ3v) is 9.91. The van der Waals surface area contributed by atoms with Crippen LogP contribution in [0.25, 0.3) is 0 Å². The van der Waals surface area contributed by atoms with Gasteiger partial charge >= 0.3 is 17.9 Å². The van der Waals surface area contributed by atoms with E-state index in [4.69, 9.17) is 50.9 Å². The van der Waals surface area contributed by atoms with Crippen molar-refractivity contribution in [2.24, 2.45) is 0 Å². The maximum absolute atomic E-state index is 13.0. The van der Waals surface area contributed by atoms with E-state index in [1.165, 1.54) is 0 Å². The normalized spacial score (nSPS) is 11.7. The first-order valence-corrected chi connectivity index (χ1v) is 19.3. The molecule has 0 spiro atoms. The molecule has 1 N–H and O–H groups in total. The predicted octanol–water partition coefficient (Wildman–Crippen LogP) is 9.74. The van der Waals surface area contributed by atoms with Crippen LogP contribution >= 0.6 is 36.7 Å². The second kappa shape index (κ2) is 18.8. The Kier molecular flexibility index (Phi) is 14.7. The molecule has 7 nitrogen and oxygen atoms in total. The average Bonchev–Trinajstić information content (AvgIpc) is 3.10. The van der Waals surface area contributed by atoms with Gasteiger partial charge in [-0.1, -0.05) is 140 Å². The molecule has 0 bridgehead atoms. The number of benzene rings is 4. The molecule has 0 aliphatic carbocycles. The predicted molar refractivity (Wildman–Crippen MR) is 228 cm³/mol. The molecule has 0 aliphatic rings. The molecule has 0 heterocycles. The van der Waals surface area contributed by atoms with Crippen LogP contribution in [-0.2, 0) is 64.7 Å². The molecule has 55 heavy (non-hydrogen) atoms. The Balaban J connectivity index is 1.50. The van der Waals surface area contributed by atoms with E-state index in [1.54, 1.807) is 12.1 Å². The van der Waals surface area contributed by atoms with E-state index in [0.717, 1.165) is 16.7 Å². The highest BCUT2D eigenvalue weighted by molar-refractivity contribution is 7.80. The van der Waals surface area contributed by atoms with Crippen molar-refractivity contribution in [2.75, 3.05) is 0 Å². The molecule has 0 saturated heterocycles. The van der Waals surface area contributed by atoms with E-state index in [1.807, 2.05) is 133 Å². The third-order valence-electron chi connectivity index (χ3n) is 9.04. The van der Waals surface area contributed by atoms with Gasteiger partial charge in [0.1, 0.15) is 22.6 Å². The summed E-state index contributed by atoms with van der Waals surface area (Å²) in [4.78, 5) is 40.2. The molecule has 0 unspecified atom stereocenters. The molecular formula is C45H48O7S3. The lowest BCUT2D eigenvalue weighted by atomic mass is 9.94. The van der Waals surface area contributed by atoms with Gasteiger partial charge in [0.2, 0.25) is 0 Å². The SMILES string of the molecule is CC(C)(OC(=O)CC(=S)Cc1cc(CC(=S)CC(=O)OC(C)(C)c2ccccc2)c(O)c(CC(=S)CC(=O)OC(C)(C)c2ccccc2)c1)c1ccccc1. The third kappa shape index (κ3) is 13.0. The van der Waals surface area contributed by atoms with E-state index in [0.29, 0.717) is 31.3 Å². The van der Waals surface area contributed by atoms with E-state index in [2.05, 4.69) is 0 Å². The molecule has 0 atom stereocenters. The van der Waals surface area contributed by atoms with Gasteiger partial charge < -0.3 is 19.3 Å². The number of phenols is 1. The maximum Gasteiger partial charge on any atom is 0.311 e. The van der Waals surface area contributed by atoms with Gasteiger partial charge in [-0.2, -0.15) is 0 Å². The van der Waals surface area contributed by atoms with Crippen LogP contribution in [0.15, 0.2) is 103 Å². The van der Waals surface area contributed by atoms with E-state index >= 15 is 0 Å². The number of esters is 3. The summed E-state index contributed by atoms with van der Waals surface area (Å²) in [6.45, 7) is 10.9. The summed E-state index contributed by atoms with van der Waals surface area (Å²) in [5.41, 5.74) is 1.56. The highest BCUT2D eigenvalue weighted by Crippen LogP contribution is 2.31. The molecular weight excluding hydrogens is 749 g/mol. The van der Waals surface area contributed by atoms with Gasteiger partial charge in [-0.25, -0.2) is 0 Å². The van der Waals surface area contributed by atoms with Crippen LogP contribution in [0.1, 0.15) is 94.2 Å². The molecule has 0 amide bonds. The fourth-order valence-corrected chi connectivity index (χ4v) is 7.02. The number of thiocarbonyl (C=S) groups is 3. The Hall–Kier alpha value is -4.64. The summed E-state index contributed by atoms with van der Waals surface area (Å²) >= 11 is 17.0. The molecule has 288 valence electrons. The van der Waals surface area contributed by atoms with Crippen LogP contribution in [0.5, 0.6) is 5.75 Å². The standard InChI is InChI=1S/C45H48O7S3/c1-43(2,33-16-10-7-11-17-33)50-39(46)27-36(53)24-30-22-31(25-37(54)28-40(47)51-44(3,4)34-18-12-8-13-19-34)42(49)32(23-30)26-38(55)29-41(48)52-45(5,6)35-20-14-9-15-21-35/h7-23,49H,24-29H2,1-6H3. The molecule has 0 radical (unpaired) electrons. The number of ether oxygens (including phenoxy) is 3. The summed E-state index contributed by atoms with van der Waals surface area (Å²) in [5.74, 6) is -1.51. The van der Waals surface area contributed by atoms with Crippen LogP contribution in [0.4, 0.5) is 0 Å². The topological polar surface area (TPSA) is 99.1 Å². The first kappa shape index (κ1) is 43.1. The number of phenolic OH excluding ortho intramolecular Hbond substituents is 1. The lowest BCUT2D eigenvalue weighted by Gasteiger charge is -2.26. The minimum atomic E-state index is -0.872. The molecule has 4 rings (SSSR count). The van der Waals surface area contributed by atoms with Crippen molar-refractivity contribution in [1.82, 2.24) is 0 Å². The highest BCUT2D eigenvalue weighted by Gasteiger charge is 2.28. The Morgan fingerprint density at radius 1 is 0.491 bits per heavy atom. The second-order valence-electron chi connectivity index (χ2n) is 15.0. The van der Waals surface area contributed by atoms with Crippen molar-refractivity contribution in [3.63, 3.8) is 0 Å². The van der Waals surface area contributed by atoms with Crippen molar-refractivity contribution in [3.8, 4) is 5.75 Å². The minimum absolute atomic E-state index is 0.0562. The van der Waals surface area contributed by atoms with Gasteiger partial charge in [0.05, 0.1) is 19.3 Å². The summed E-state index contributed by atoms with van der Waals surface area (Å²) in [7, 11) is 0. The van der Waals surface area contributed by atoms with E-state index in [9.17, 15) is 19.5 Å². The van der Waals surface area contributed by atoms with E-state index < -0.39 is 34.7 Å². The Bertz CT molecular complexity index is 1920. The van der Waals surface area contributed by atoms with Crippen LogP contribution in [0, 0.1) is 0 Å². The zero-order chi connectivity index (χ0) is 40.4. The van der Waals surface area contributed by atoms with Gasteiger partial charge in [-0.05, 0) is 74.9 Å². The fraction of sp³-hybridized carbons (Fsp3) is 0.333. The molecule has 4 aromatic carbocycles. The minimum Gasteiger partial charge on any atom is -0.507 e. The first-order valence-electron chi connectivity index (χ1n) is 18.1. The number of aromatic hydroxyl groups is 1. The molecule has 0 aliphatic heterocycles. The molecule has 4 aromatic rings. The zero-order valence-electron chi connectivity index (χ0n) is 32.2. The largest absolute Gasteiger partial charge is 0.507 e. The highest BCUT2D eigenvalue weighted by atomic mass is 32.1. The first-order chi connectivity index (χ1) is 25.8. The van der Waals surface area contributed by atoms with Crippen molar-refractivity contribution in [3.05, 3.63) is 137 Å². The van der Waals surface area contributed by atoms with Crippen LogP contribution in [0.2, 0.25) is 0 Å². The fourth-order valence-electron chi connectivity index (χ4n) is 6.18.